The van der Waals surface area contributed by atoms with E-state index in [-0.39, 0.29) is 18.5 Å². The smallest absolute Gasteiger partial charge is 0.251 e. The Kier molecular flexibility index (Phi) is 8.11. The fourth-order valence-electron chi connectivity index (χ4n) is 5.39. The molecule has 13 heteroatoms. The van der Waals surface area contributed by atoms with Crippen LogP contribution >= 0.6 is 0 Å². The molecule has 2 aromatic carbocycles. The zero-order chi connectivity index (χ0) is 29.8. The van der Waals surface area contributed by atoms with Crippen LogP contribution in [0.25, 0.3) is 11.4 Å². The summed E-state index contributed by atoms with van der Waals surface area (Å²) in [7, 11) is 3.09. The molecule has 1 N–H and O–H groups in total. The predicted octanol–water partition coefficient (Wildman–Crippen LogP) is 3.55. The highest BCUT2D eigenvalue weighted by molar-refractivity contribution is 6.01. The molecule has 1 aliphatic heterocycles. The van der Waals surface area contributed by atoms with E-state index < -0.39 is 11.9 Å². The standard InChI is InChI=1S/C30H32N6O7/c1-39-22-11-9-19(16-25(22)40-2)29-32-34-35(33-29)18-27(37)36(21-10-12-23-26(17-21)43-15-14-42-23)28(24-8-5-13-41-24)30(38)31-20-6-3-4-7-20/h5,8-13,16-17,20,28H,3-4,6-7,14-15,18H2,1-2H3,(H,31,38)/t28-/m1/s1. The maximum Gasteiger partial charge on any atom is 0.251 e. The SMILES string of the molecule is COc1ccc(-c2nnn(CC(=O)N(c3ccc4c(c3)OCCO4)[C@@H](C(=O)NC3CCCC3)c3ccco3)n2)cc1OC. The summed E-state index contributed by atoms with van der Waals surface area (Å²) in [6.45, 7) is 0.493. The topological polar surface area (TPSA) is 143 Å². The molecule has 1 fully saturated rings. The van der Waals surface area contributed by atoms with E-state index in [1.807, 2.05) is 0 Å². The Labute approximate surface area is 247 Å². The third-order valence-electron chi connectivity index (χ3n) is 7.46. The quantitative estimate of drug-likeness (QED) is 0.292. The fraction of sp³-hybridized carbons (Fsp3) is 0.367. The summed E-state index contributed by atoms with van der Waals surface area (Å²) >= 11 is 0. The number of tetrazole rings is 1. The molecular formula is C30H32N6O7. The average Bonchev–Trinajstić information content (AvgIpc) is 3.83. The Morgan fingerprint density at radius 3 is 2.56 bits per heavy atom. The molecule has 0 unspecified atom stereocenters. The molecule has 1 aliphatic carbocycles. The van der Waals surface area contributed by atoms with Gasteiger partial charge in [-0.05, 0) is 60.5 Å². The lowest BCUT2D eigenvalue weighted by Crippen LogP contribution is -2.47. The molecule has 0 spiro atoms. The van der Waals surface area contributed by atoms with Crippen LogP contribution in [-0.4, -0.2) is 65.5 Å². The number of benzene rings is 2. The minimum Gasteiger partial charge on any atom is -0.493 e. The van der Waals surface area contributed by atoms with Gasteiger partial charge in [-0.25, -0.2) is 0 Å². The first-order chi connectivity index (χ1) is 21.0. The molecule has 4 aromatic rings. The van der Waals surface area contributed by atoms with Gasteiger partial charge in [0.2, 0.25) is 5.82 Å². The maximum atomic E-state index is 14.2. The number of aromatic nitrogens is 4. The van der Waals surface area contributed by atoms with Gasteiger partial charge < -0.3 is 28.7 Å². The third-order valence-corrected chi connectivity index (χ3v) is 7.46. The van der Waals surface area contributed by atoms with Crippen LogP contribution in [0.15, 0.2) is 59.2 Å². The maximum absolute atomic E-state index is 14.2. The molecular weight excluding hydrogens is 556 g/mol. The highest BCUT2D eigenvalue weighted by Gasteiger charge is 2.37. The molecule has 3 heterocycles. The molecule has 6 rings (SSSR count). The summed E-state index contributed by atoms with van der Waals surface area (Å²) in [5.74, 6) is 1.90. The van der Waals surface area contributed by atoms with Gasteiger partial charge in [-0.2, -0.15) is 4.80 Å². The van der Waals surface area contributed by atoms with Crippen molar-refractivity contribution in [1.29, 1.82) is 0 Å². The average molecular weight is 589 g/mol. The first-order valence-electron chi connectivity index (χ1n) is 14.1. The number of fused-ring (bicyclic) bond motifs is 1. The molecule has 43 heavy (non-hydrogen) atoms. The molecule has 1 saturated carbocycles. The van der Waals surface area contributed by atoms with Crippen molar-refractivity contribution in [2.24, 2.45) is 0 Å². The fourth-order valence-corrected chi connectivity index (χ4v) is 5.39. The number of carbonyl (C=O) groups is 2. The van der Waals surface area contributed by atoms with E-state index in [0.717, 1.165) is 25.7 Å². The molecule has 0 bridgehead atoms. The van der Waals surface area contributed by atoms with Gasteiger partial charge in [0.05, 0.1) is 20.5 Å². The van der Waals surface area contributed by atoms with Crippen LogP contribution in [0, 0.1) is 0 Å². The van der Waals surface area contributed by atoms with Crippen LogP contribution in [-0.2, 0) is 16.1 Å². The monoisotopic (exact) mass is 588 g/mol. The molecule has 224 valence electrons. The number of hydrogen-bond acceptors (Lipinski definition) is 10. The van der Waals surface area contributed by atoms with E-state index in [1.165, 1.54) is 23.1 Å². The van der Waals surface area contributed by atoms with Crippen LogP contribution < -0.4 is 29.2 Å². The first-order valence-corrected chi connectivity index (χ1v) is 14.1. The van der Waals surface area contributed by atoms with Crippen molar-refractivity contribution in [3.05, 3.63) is 60.6 Å². The highest BCUT2D eigenvalue weighted by atomic mass is 16.6. The van der Waals surface area contributed by atoms with E-state index in [4.69, 9.17) is 23.4 Å². The van der Waals surface area contributed by atoms with Gasteiger partial charge in [0, 0.05) is 23.4 Å². The molecule has 2 aliphatic rings. The van der Waals surface area contributed by atoms with Crippen LogP contribution in [0.4, 0.5) is 5.69 Å². The van der Waals surface area contributed by atoms with Crippen molar-refractivity contribution in [2.45, 2.75) is 44.3 Å². The Bertz CT molecular complexity index is 1580. The third kappa shape index (κ3) is 5.96. The number of rotatable bonds is 10. The van der Waals surface area contributed by atoms with Gasteiger partial charge in [-0.15, -0.1) is 10.2 Å². The predicted molar refractivity (Wildman–Crippen MR) is 153 cm³/mol. The summed E-state index contributed by atoms with van der Waals surface area (Å²) in [5, 5.41) is 15.8. The summed E-state index contributed by atoms with van der Waals surface area (Å²) < 4.78 is 27.9. The van der Waals surface area contributed by atoms with Crippen molar-refractivity contribution in [1.82, 2.24) is 25.5 Å². The summed E-state index contributed by atoms with van der Waals surface area (Å²) in [6.07, 6.45) is 5.34. The molecule has 0 radical (unpaired) electrons. The zero-order valence-electron chi connectivity index (χ0n) is 23.9. The summed E-state index contributed by atoms with van der Waals surface area (Å²) in [6, 6.07) is 12.7. The largest absolute Gasteiger partial charge is 0.493 e. The van der Waals surface area contributed by atoms with Gasteiger partial charge in [0.15, 0.2) is 29.0 Å². The Morgan fingerprint density at radius 1 is 1.02 bits per heavy atom. The minimum atomic E-state index is -1.10. The number of furan rings is 1. The first kappa shape index (κ1) is 28.1. The Morgan fingerprint density at radius 2 is 1.81 bits per heavy atom. The number of nitrogens with one attached hydrogen (secondary N) is 1. The summed E-state index contributed by atoms with van der Waals surface area (Å²) in [5.41, 5.74) is 1.06. The second kappa shape index (κ2) is 12.4. The van der Waals surface area contributed by atoms with E-state index in [0.29, 0.717) is 59.0 Å². The van der Waals surface area contributed by atoms with E-state index >= 15 is 0 Å². The lowest BCUT2D eigenvalue weighted by Gasteiger charge is -2.31. The number of amides is 2. The lowest BCUT2D eigenvalue weighted by molar-refractivity contribution is -0.128. The van der Waals surface area contributed by atoms with Crippen LogP contribution in [0.2, 0.25) is 0 Å². The normalized spacial score (nSPS) is 15.1. The van der Waals surface area contributed by atoms with Gasteiger partial charge in [0.25, 0.3) is 11.8 Å². The van der Waals surface area contributed by atoms with Crippen LogP contribution in [0.3, 0.4) is 0 Å². The van der Waals surface area contributed by atoms with Gasteiger partial charge in [-0.3, -0.25) is 14.5 Å². The van der Waals surface area contributed by atoms with Crippen molar-refractivity contribution < 1.29 is 33.0 Å². The molecule has 13 nitrogen and oxygen atoms in total. The lowest BCUT2D eigenvalue weighted by atomic mass is 10.1. The number of methoxy groups -OCH3 is 2. The van der Waals surface area contributed by atoms with Crippen LogP contribution in [0.1, 0.15) is 37.5 Å². The molecule has 2 amide bonds. The number of anilines is 1. The van der Waals surface area contributed by atoms with Crippen molar-refractivity contribution in [2.75, 3.05) is 32.3 Å². The zero-order valence-corrected chi connectivity index (χ0v) is 23.9. The Balaban J connectivity index is 1.34. The summed E-state index contributed by atoms with van der Waals surface area (Å²) in [4.78, 5) is 30.6. The van der Waals surface area contributed by atoms with Gasteiger partial charge in [-0.1, -0.05) is 12.8 Å². The molecule has 0 saturated heterocycles. The second-order valence-corrected chi connectivity index (χ2v) is 10.2. The van der Waals surface area contributed by atoms with Crippen molar-refractivity contribution in [3.8, 4) is 34.4 Å². The van der Waals surface area contributed by atoms with E-state index in [9.17, 15) is 9.59 Å². The van der Waals surface area contributed by atoms with Gasteiger partial charge >= 0.3 is 0 Å². The van der Waals surface area contributed by atoms with Crippen LogP contribution in [0.5, 0.6) is 23.0 Å². The number of nitrogens with zero attached hydrogens (tertiary/aromatic N) is 5. The Hall–Kier alpha value is -5.07. The number of carbonyl (C=O) groups excluding carboxylic acids is 2. The van der Waals surface area contributed by atoms with Crippen molar-refractivity contribution >= 4 is 17.5 Å². The van der Waals surface area contributed by atoms with E-state index in [1.54, 1.807) is 55.6 Å². The van der Waals surface area contributed by atoms with Gasteiger partial charge in [0.1, 0.15) is 25.5 Å². The number of ether oxygens (including phenoxy) is 4. The molecule has 1 atom stereocenters. The van der Waals surface area contributed by atoms with Crippen molar-refractivity contribution in [3.63, 3.8) is 0 Å². The second-order valence-electron chi connectivity index (χ2n) is 10.2. The minimum absolute atomic E-state index is 0.0307. The number of hydrogen-bond donors (Lipinski definition) is 1. The highest BCUT2D eigenvalue weighted by Crippen LogP contribution is 2.38. The molecule has 2 aromatic heterocycles. The van der Waals surface area contributed by atoms with E-state index in [2.05, 4.69) is 20.7 Å².